The van der Waals surface area contributed by atoms with E-state index in [1.807, 2.05) is 25.1 Å². The average Bonchev–Trinajstić information content (AvgIpc) is 2.84. The topological polar surface area (TPSA) is 27.7 Å². The molecule has 0 radical (unpaired) electrons. The zero-order valence-electron chi connectivity index (χ0n) is 12.2. The van der Waals surface area contributed by atoms with Crippen molar-refractivity contribution >= 4 is 34.5 Å². The molecule has 3 nitrogen and oxygen atoms in total. The molecule has 0 N–H and O–H groups in total. The Morgan fingerprint density at radius 2 is 1.57 bits per heavy atom. The molecule has 0 fully saturated rings. The first-order valence-electron chi connectivity index (χ1n) is 6.21. The van der Waals surface area contributed by atoms with E-state index in [0.717, 1.165) is 20.3 Å². The van der Waals surface area contributed by atoms with Gasteiger partial charge in [0.05, 0.1) is 31.0 Å². The van der Waals surface area contributed by atoms with E-state index in [1.165, 1.54) is 11.3 Å². The molecular weight excluding hydrogens is 331 g/mol. The molecule has 1 aromatic carbocycles. The van der Waals surface area contributed by atoms with Crippen LogP contribution in [0.4, 0.5) is 0 Å². The highest BCUT2D eigenvalue weighted by atomic mass is 35.5. The van der Waals surface area contributed by atoms with Gasteiger partial charge in [-0.1, -0.05) is 11.6 Å². The van der Waals surface area contributed by atoms with Gasteiger partial charge < -0.3 is 14.2 Å². The minimum atomic E-state index is -0.324. The van der Waals surface area contributed by atoms with Gasteiger partial charge in [0.25, 0.3) is 0 Å². The first-order valence-corrected chi connectivity index (χ1v) is 7.84. The van der Waals surface area contributed by atoms with Gasteiger partial charge in [-0.15, -0.1) is 22.9 Å². The van der Waals surface area contributed by atoms with Crippen LogP contribution in [0.1, 0.15) is 21.4 Å². The Hall–Kier alpha value is -1.10. The van der Waals surface area contributed by atoms with Crippen LogP contribution in [0, 0.1) is 6.92 Å². The van der Waals surface area contributed by atoms with Gasteiger partial charge in [-0.05, 0) is 36.2 Å². The molecule has 0 spiro atoms. The zero-order chi connectivity index (χ0) is 15.6. The summed E-state index contributed by atoms with van der Waals surface area (Å²) in [6.45, 7) is 1.96. The third-order valence-electron chi connectivity index (χ3n) is 3.11. The number of thiophene rings is 1. The van der Waals surface area contributed by atoms with E-state index in [2.05, 4.69) is 0 Å². The summed E-state index contributed by atoms with van der Waals surface area (Å²) in [6.07, 6.45) is 0. The standard InChI is InChI=1S/C15H16Cl2O3S/c1-8-5-12(21-15(8)17)13(16)9-6-10(18-2)14(20-4)11(7-9)19-3/h5-7,13H,1-4H3. The molecule has 6 heteroatoms. The predicted molar refractivity (Wildman–Crippen MR) is 87.9 cm³/mol. The van der Waals surface area contributed by atoms with E-state index in [-0.39, 0.29) is 5.38 Å². The highest BCUT2D eigenvalue weighted by molar-refractivity contribution is 7.16. The molecule has 0 aliphatic rings. The van der Waals surface area contributed by atoms with Crippen LogP contribution in [0.2, 0.25) is 4.34 Å². The smallest absolute Gasteiger partial charge is 0.203 e. The molecule has 0 aliphatic heterocycles. The maximum atomic E-state index is 6.57. The summed E-state index contributed by atoms with van der Waals surface area (Å²) in [5.41, 5.74) is 1.89. The van der Waals surface area contributed by atoms with Crippen LogP contribution in [0.3, 0.4) is 0 Å². The maximum Gasteiger partial charge on any atom is 0.203 e. The Labute approximate surface area is 138 Å². The number of methoxy groups -OCH3 is 3. The maximum absolute atomic E-state index is 6.57. The van der Waals surface area contributed by atoms with Crippen LogP contribution in [-0.4, -0.2) is 21.3 Å². The first-order chi connectivity index (χ1) is 10.0. The minimum absolute atomic E-state index is 0.324. The molecule has 114 valence electrons. The van der Waals surface area contributed by atoms with Gasteiger partial charge in [0.15, 0.2) is 11.5 Å². The van der Waals surface area contributed by atoms with Crippen molar-refractivity contribution in [3.63, 3.8) is 0 Å². The number of hydrogen-bond donors (Lipinski definition) is 0. The van der Waals surface area contributed by atoms with Crippen LogP contribution in [-0.2, 0) is 0 Å². The molecule has 2 aromatic rings. The van der Waals surface area contributed by atoms with E-state index in [4.69, 9.17) is 37.4 Å². The molecule has 1 heterocycles. The fourth-order valence-electron chi connectivity index (χ4n) is 2.02. The third kappa shape index (κ3) is 3.23. The van der Waals surface area contributed by atoms with Crippen LogP contribution in [0.25, 0.3) is 0 Å². The largest absolute Gasteiger partial charge is 0.493 e. The highest BCUT2D eigenvalue weighted by Gasteiger charge is 2.20. The SMILES string of the molecule is COc1cc(C(Cl)c2cc(C)c(Cl)s2)cc(OC)c1OC. The van der Waals surface area contributed by atoms with Crippen molar-refractivity contribution in [2.75, 3.05) is 21.3 Å². The lowest BCUT2D eigenvalue weighted by Crippen LogP contribution is -1.98. The summed E-state index contributed by atoms with van der Waals surface area (Å²) in [5, 5.41) is -0.324. The Morgan fingerprint density at radius 3 is 1.95 bits per heavy atom. The second kappa shape index (κ2) is 6.77. The monoisotopic (exact) mass is 346 g/mol. The summed E-state index contributed by atoms with van der Waals surface area (Å²) in [5.74, 6) is 1.71. The van der Waals surface area contributed by atoms with Crippen LogP contribution >= 0.6 is 34.5 Å². The van der Waals surface area contributed by atoms with Gasteiger partial charge in [-0.25, -0.2) is 0 Å². The van der Waals surface area contributed by atoms with Crippen LogP contribution in [0.5, 0.6) is 17.2 Å². The predicted octanol–water partition coefficient (Wildman–Crippen LogP) is 5.06. The van der Waals surface area contributed by atoms with Gasteiger partial charge in [0.2, 0.25) is 5.75 Å². The van der Waals surface area contributed by atoms with Gasteiger partial charge in [0, 0.05) is 4.88 Å². The lowest BCUT2D eigenvalue weighted by Gasteiger charge is -2.16. The normalized spacial score (nSPS) is 12.1. The fourth-order valence-corrected chi connectivity index (χ4v) is 3.57. The van der Waals surface area contributed by atoms with Gasteiger partial charge in [0.1, 0.15) is 0 Å². The van der Waals surface area contributed by atoms with E-state index in [0.29, 0.717) is 17.2 Å². The van der Waals surface area contributed by atoms with Gasteiger partial charge in [-0.3, -0.25) is 0 Å². The molecule has 21 heavy (non-hydrogen) atoms. The molecule has 0 saturated carbocycles. The third-order valence-corrected chi connectivity index (χ3v) is 5.34. The Morgan fingerprint density at radius 1 is 1.00 bits per heavy atom. The Bertz CT molecular complexity index is 595. The fraction of sp³-hybridized carbons (Fsp3) is 0.333. The summed E-state index contributed by atoms with van der Waals surface area (Å²) >= 11 is 14.2. The van der Waals surface area contributed by atoms with E-state index >= 15 is 0 Å². The van der Waals surface area contributed by atoms with Crippen LogP contribution < -0.4 is 14.2 Å². The number of rotatable bonds is 5. The van der Waals surface area contributed by atoms with Crippen molar-refractivity contribution < 1.29 is 14.2 Å². The quantitative estimate of drug-likeness (QED) is 0.707. The molecule has 1 atom stereocenters. The highest BCUT2D eigenvalue weighted by Crippen LogP contribution is 2.44. The van der Waals surface area contributed by atoms with Crippen molar-refractivity contribution in [3.8, 4) is 17.2 Å². The van der Waals surface area contributed by atoms with Crippen molar-refractivity contribution in [1.29, 1.82) is 0 Å². The van der Waals surface area contributed by atoms with E-state index < -0.39 is 0 Å². The molecule has 0 saturated heterocycles. The number of ether oxygens (including phenoxy) is 3. The number of aryl methyl sites for hydroxylation is 1. The summed E-state index contributed by atoms with van der Waals surface area (Å²) in [4.78, 5) is 0.980. The first kappa shape index (κ1) is 16.3. The van der Waals surface area contributed by atoms with Crippen LogP contribution in [0.15, 0.2) is 18.2 Å². The lowest BCUT2D eigenvalue weighted by atomic mass is 10.1. The lowest BCUT2D eigenvalue weighted by molar-refractivity contribution is 0.324. The van der Waals surface area contributed by atoms with E-state index in [9.17, 15) is 0 Å². The average molecular weight is 347 g/mol. The molecular formula is C15H16Cl2O3S. The number of benzene rings is 1. The Balaban J connectivity index is 2.48. The number of halogens is 2. The van der Waals surface area contributed by atoms with Crippen molar-refractivity contribution in [3.05, 3.63) is 38.5 Å². The molecule has 1 unspecified atom stereocenters. The second-order valence-electron chi connectivity index (χ2n) is 4.43. The molecule has 1 aromatic heterocycles. The second-order valence-corrected chi connectivity index (χ2v) is 6.55. The summed E-state index contributed by atoms with van der Waals surface area (Å²) < 4.78 is 16.8. The number of hydrogen-bond acceptors (Lipinski definition) is 4. The van der Waals surface area contributed by atoms with Gasteiger partial charge in [-0.2, -0.15) is 0 Å². The number of alkyl halides is 1. The van der Waals surface area contributed by atoms with Crippen molar-refractivity contribution in [1.82, 2.24) is 0 Å². The molecule has 0 amide bonds. The Kier molecular flexibility index (Phi) is 5.25. The van der Waals surface area contributed by atoms with Crippen molar-refractivity contribution in [2.45, 2.75) is 12.3 Å². The summed E-state index contributed by atoms with van der Waals surface area (Å²) in [7, 11) is 4.73. The zero-order valence-corrected chi connectivity index (χ0v) is 14.5. The van der Waals surface area contributed by atoms with Gasteiger partial charge >= 0.3 is 0 Å². The van der Waals surface area contributed by atoms with E-state index in [1.54, 1.807) is 21.3 Å². The summed E-state index contributed by atoms with van der Waals surface area (Å²) in [6, 6.07) is 5.69. The molecule has 2 rings (SSSR count). The minimum Gasteiger partial charge on any atom is -0.493 e. The van der Waals surface area contributed by atoms with Crippen molar-refractivity contribution in [2.24, 2.45) is 0 Å². The molecule has 0 aliphatic carbocycles. The molecule has 0 bridgehead atoms.